The summed E-state index contributed by atoms with van der Waals surface area (Å²) >= 11 is 6.27. The van der Waals surface area contributed by atoms with Crippen molar-refractivity contribution in [1.82, 2.24) is 20.9 Å². The molecule has 11 nitrogen and oxygen atoms in total. The first-order chi connectivity index (χ1) is 23.8. The molecule has 4 fully saturated rings. The number of nitrogens with one attached hydrogen (secondary N) is 3. The number of halogens is 1. The van der Waals surface area contributed by atoms with Crippen molar-refractivity contribution in [3.8, 4) is 0 Å². The van der Waals surface area contributed by atoms with E-state index in [-0.39, 0.29) is 36.7 Å². The third-order valence-electron chi connectivity index (χ3n) is 11.2. The van der Waals surface area contributed by atoms with Crippen LogP contribution in [0.1, 0.15) is 116 Å². The maximum atomic E-state index is 14.7. The third-order valence-corrected chi connectivity index (χ3v) is 11.4. The Morgan fingerprint density at radius 1 is 0.980 bits per heavy atom. The van der Waals surface area contributed by atoms with Crippen LogP contribution in [0.5, 0.6) is 0 Å². The van der Waals surface area contributed by atoms with Crippen LogP contribution < -0.4 is 16.0 Å². The number of hydrogen-bond donors (Lipinski definition) is 3. The van der Waals surface area contributed by atoms with Crippen molar-refractivity contribution >= 4 is 46.7 Å². The molecule has 3 saturated carbocycles. The number of hydrogen-bond acceptors (Lipinski definition) is 7. The summed E-state index contributed by atoms with van der Waals surface area (Å²) in [4.78, 5) is 76.3. The van der Waals surface area contributed by atoms with Crippen LogP contribution in [-0.4, -0.2) is 76.3 Å². The highest BCUT2D eigenvalue weighted by molar-refractivity contribution is 6.38. The fourth-order valence-electron chi connectivity index (χ4n) is 7.84. The smallest absolute Gasteiger partial charge is 0.289 e. The van der Waals surface area contributed by atoms with E-state index in [1.165, 1.54) is 11.3 Å². The molecule has 1 saturated heterocycles. The molecule has 0 aromatic heterocycles. The van der Waals surface area contributed by atoms with Gasteiger partial charge in [0.05, 0.1) is 18.3 Å². The van der Waals surface area contributed by atoms with E-state index in [4.69, 9.17) is 16.4 Å². The van der Waals surface area contributed by atoms with Crippen LogP contribution in [0.3, 0.4) is 0 Å². The molecule has 1 unspecified atom stereocenters. The minimum absolute atomic E-state index is 0.00479. The molecule has 0 radical (unpaired) electrons. The van der Waals surface area contributed by atoms with Gasteiger partial charge in [-0.15, -0.1) is 0 Å². The van der Waals surface area contributed by atoms with E-state index in [1.807, 2.05) is 32.9 Å². The summed E-state index contributed by atoms with van der Waals surface area (Å²) in [7, 11) is 0. The Bertz CT molecular complexity index is 1510. The maximum absolute atomic E-state index is 14.7. The zero-order chi connectivity index (χ0) is 35.6. The largest absolute Gasteiger partial charge is 0.387 e. The first kappa shape index (κ1) is 36.3. The van der Waals surface area contributed by atoms with Crippen LogP contribution in [0.2, 0.25) is 5.02 Å². The number of likely N-dealkylation sites (tertiary alicyclic amines) is 1. The zero-order valence-corrected chi connectivity index (χ0v) is 30.4. The molecular weight excluding hydrogens is 658 g/mol. The highest BCUT2D eigenvalue weighted by Gasteiger charge is 2.56. The molecule has 2 heterocycles. The van der Waals surface area contributed by atoms with Gasteiger partial charge < -0.3 is 25.7 Å². The van der Waals surface area contributed by atoms with Gasteiger partial charge in [-0.2, -0.15) is 0 Å². The monoisotopic (exact) mass is 709 g/mol. The van der Waals surface area contributed by atoms with Crippen molar-refractivity contribution in [2.45, 2.75) is 140 Å². The Morgan fingerprint density at radius 3 is 2.34 bits per heavy atom. The summed E-state index contributed by atoms with van der Waals surface area (Å²) in [5.41, 5.74) is -0.223. The van der Waals surface area contributed by atoms with Crippen LogP contribution in [0.15, 0.2) is 29.4 Å². The van der Waals surface area contributed by atoms with Crippen LogP contribution in [0, 0.1) is 17.3 Å². The van der Waals surface area contributed by atoms with Gasteiger partial charge in [0, 0.05) is 35.9 Å². The molecule has 0 bridgehead atoms. The molecule has 272 valence electrons. The lowest BCUT2D eigenvalue weighted by atomic mass is 9.80. The SMILES string of the molecule is CC(C)(C)[C@H](NC(=O)CC1CCCCC1)C(=O)N1C[C@@]2(CC(c3cccc(Cl)c3)=NO2)C[C@H]1C(=O)NC(CC1CCC1)C(=O)C(=O)NC1CC1. The molecule has 1 aromatic rings. The van der Waals surface area contributed by atoms with Crippen LogP contribution in [0.25, 0.3) is 0 Å². The number of ketones is 1. The zero-order valence-electron chi connectivity index (χ0n) is 29.6. The molecule has 2 aliphatic heterocycles. The van der Waals surface area contributed by atoms with Crippen molar-refractivity contribution in [3.05, 3.63) is 34.9 Å². The second-order valence-electron chi connectivity index (χ2n) is 16.5. The standard InChI is InChI=1S/C38H52ClN5O6/c1-37(2,3)33(42-31(45)18-24-9-5-4-6-10-24)36(49)44-22-38(20-29(43-50-38)25-13-8-14-26(39)19-25)21-30(44)34(47)41-28(17-23-11-7-12-23)32(46)35(48)40-27-15-16-27/h8,13-14,19,23-24,27-28,30,33H,4-7,9-12,15-18,20-22H2,1-3H3,(H,40,48)(H,41,47)(H,42,45)/t28?,30-,33+,38+/m0/s1. The molecule has 1 spiro atoms. The number of nitrogens with zero attached hydrogens (tertiary/aromatic N) is 2. The van der Waals surface area contributed by atoms with Crippen molar-refractivity contribution in [1.29, 1.82) is 0 Å². The Hall–Kier alpha value is -3.47. The quantitative estimate of drug-likeness (QED) is 0.265. The summed E-state index contributed by atoms with van der Waals surface area (Å²) in [5.74, 6) is -1.88. The molecule has 4 atom stereocenters. The molecule has 6 rings (SSSR count). The first-order valence-electron chi connectivity index (χ1n) is 18.6. The average Bonchev–Trinajstić information content (AvgIpc) is 3.65. The van der Waals surface area contributed by atoms with E-state index in [1.54, 1.807) is 12.1 Å². The molecule has 1 aromatic carbocycles. The first-order valence-corrected chi connectivity index (χ1v) is 18.9. The third kappa shape index (κ3) is 8.69. The normalized spacial score (nSPS) is 25.2. The minimum atomic E-state index is -1.01. The van der Waals surface area contributed by atoms with Crippen molar-refractivity contribution in [3.63, 3.8) is 0 Å². The molecule has 50 heavy (non-hydrogen) atoms. The summed E-state index contributed by atoms with van der Waals surface area (Å²) in [5, 5.41) is 13.7. The summed E-state index contributed by atoms with van der Waals surface area (Å²) in [6.45, 7) is 5.76. The number of benzene rings is 1. The van der Waals surface area contributed by atoms with Gasteiger partial charge in [-0.25, -0.2) is 0 Å². The van der Waals surface area contributed by atoms with Gasteiger partial charge in [-0.3, -0.25) is 24.0 Å². The number of Topliss-reactive ketones (excluding diaryl/α,β-unsaturated/α-hetero) is 1. The van der Waals surface area contributed by atoms with E-state index in [0.717, 1.165) is 63.4 Å². The van der Waals surface area contributed by atoms with E-state index in [2.05, 4.69) is 21.1 Å². The summed E-state index contributed by atoms with van der Waals surface area (Å²) in [6.07, 6.45) is 11.2. The van der Waals surface area contributed by atoms with Crippen LogP contribution in [-0.2, 0) is 28.8 Å². The fourth-order valence-corrected chi connectivity index (χ4v) is 8.03. The van der Waals surface area contributed by atoms with Gasteiger partial charge >= 0.3 is 0 Å². The second-order valence-corrected chi connectivity index (χ2v) is 16.9. The van der Waals surface area contributed by atoms with Gasteiger partial charge in [-0.1, -0.05) is 88.2 Å². The number of oxime groups is 1. The lowest BCUT2D eigenvalue weighted by molar-refractivity contribution is -0.145. The summed E-state index contributed by atoms with van der Waals surface area (Å²) in [6, 6.07) is 4.36. The van der Waals surface area contributed by atoms with Crippen LogP contribution >= 0.6 is 11.6 Å². The van der Waals surface area contributed by atoms with Gasteiger partial charge in [0.2, 0.25) is 23.5 Å². The molecular formula is C38H52ClN5O6. The van der Waals surface area contributed by atoms with Gasteiger partial charge in [0.1, 0.15) is 12.1 Å². The molecule has 4 amide bonds. The Balaban J connectivity index is 1.24. The number of carbonyl (C=O) groups excluding carboxylic acids is 5. The topological polar surface area (TPSA) is 146 Å². The number of carbonyl (C=O) groups is 5. The van der Waals surface area contributed by atoms with Gasteiger partial charge in [0.25, 0.3) is 5.91 Å². The minimum Gasteiger partial charge on any atom is -0.387 e. The lowest BCUT2D eigenvalue weighted by Crippen LogP contribution is -2.59. The van der Waals surface area contributed by atoms with Gasteiger partial charge in [0.15, 0.2) is 5.60 Å². The van der Waals surface area contributed by atoms with Crippen molar-refractivity contribution < 1.29 is 28.8 Å². The lowest BCUT2D eigenvalue weighted by Gasteiger charge is -2.36. The fraction of sp³-hybridized carbons (Fsp3) is 0.684. The Morgan fingerprint density at radius 2 is 1.70 bits per heavy atom. The van der Waals surface area contributed by atoms with Crippen molar-refractivity contribution in [2.24, 2.45) is 22.4 Å². The molecule has 5 aliphatic rings. The van der Waals surface area contributed by atoms with Crippen molar-refractivity contribution in [2.75, 3.05) is 6.54 Å². The van der Waals surface area contributed by atoms with E-state index in [0.29, 0.717) is 35.9 Å². The molecule has 12 heteroatoms. The molecule has 3 N–H and O–H groups in total. The van der Waals surface area contributed by atoms with Crippen LogP contribution in [0.4, 0.5) is 0 Å². The average molecular weight is 710 g/mol. The van der Waals surface area contributed by atoms with E-state index >= 15 is 0 Å². The molecule has 3 aliphatic carbocycles. The highest BCUT2D eigenvalue weighted by Crippen LogP contribution is 2.40. The Kier molecular flexibility index (Phi) is 10.9. The van der Waals surface area contributed by atoms with E-state index < -0.39 is 46.7 Å². The van der Waals surface area contributed by atoms with E-state index in [9.17, 15) is 24.0 Å². The highest BCUT2D eigenvalue weighted by atomic mass is 35.5. The number of rotatable bonds is 12. The maximum Gasteiger partial charge on any atom is 0.289 e. The predicted octanol–water partition coefficient (Wildman–Crippen LogP) is 4.83. The van der Waals surface area contributed by atoms with Gasteiger partial charge in [-0.05, 0) is 61.5 Å². The Labute approximate surface area is 300 Å². The second kappa shape index (κ2) is 15.0. The summed E-state index contributed by atoms with van der Waals surface area (Å²) < 4.78 is 0. The predicted molar refractivity (Wildman–Crippen MR) is 189 cm³/mol. The number of amides is 4.